The molecule has 2 fully saturated rings. The Morgan fingerprint density at radius 2 is 2.32 bits per heavy atom. The molecule has 4 nitrogen and oxygen atoms in total. The van der Waals surface area contributed by atoms with Gasteiger partial charge in [0.05, 0.1) is 5.56 Å². The lowest BCUT2D eigenvalue weighted by Crippen LogP contribution is -2.45. The minimum atomic E-state index is 0.0128. The summed E-state index contributed by atoms with van der Waals surface area (Å²) in [5.41, 5.74) is 0.511. The minimum Gasteiger partial charge on any atom is -0.350 e. The molecule has 3 heterocycles. The molecule has 0 aliphatic carbocycles. The lowest BCUT2D eigenvalue weighted by molar-refractivity contribution is 0.356. The van der Waals surface area contributed by atoms with Crippen LogP contribution in [0.1, 0.15) is 19.4 Å². The van der Waals surface area contributed by atoms with Crippen LogP contribution in [0.4, 0.5) is 5.82 Å². The van der Waals surface area contributed by atoms with Crippen molar-refractivity contribution in [2.24, 2.45) is 11.8 Å². The molecule has 1 N–H and O–H groups in total. The van der Waals surface area contributed by atoms with Crippen LogP contribution in [-0.4, -0.2) is 30.2 Å². The molecule has 19 heavy (non-hydrogen) atoms. The van der Waals surface area contributed by atoms with E-state index in [0.717, 1.165) is 25.5 Å². The van der Waals surface area contributed by atoms with Crippen LogP contribution in [0.3, 0.4) is 0 Å². The summed E-state index contributed by atoms with van der Waals surface area (Å²) in [6.07, 6.45) is 1.67. The standard InChI is InChI=1S/C14H17ClN4/c1-14(2)11-7-17-6-10(11)8-19(14)13-12(15)9(5-16)3-4-18-13/h3-4,10-11,17H,6-8H2,1-2H3. The third-order valence-electron chi connectivity index (χ3n) is 4.61. The van der Waals surface area contributed by atoms with Gasteiger partial charge in [0.15, 0.2) is 0 Å². The fourth-order valence-electron chi connectivity index (χ4n) is 3.49. The number of pyridine rings is 1. The number of hydrogen-bond donors (Lipinski definition) is 1. The van der Waals surface area contributed by atoms with Gasteiger partial charge in [0.2, 0.25) is 0 Å². The van der Waals surface area contributed by atoms with Gasteiger partial charge in [-0.3, -0.25) is 0 Å². The molecule has 0 radical (unpaired) electrons. The molecule has 2 atom stereocenters. The number of fused-ring (bicyclic) bond motifs is 1. The van der Waals surface area contributed by atoms with Gasteiger partial charge in [-0.1, -0.05) is 11.6 Å². The van der Waals surface area contributed by atoms with E-state index in [2.05, 4.69) is 35.1 Å². The van der Waals surface area contributed by atoms with Crippen LogP contribution < -0.4 is 10.2 Å². The summed E-state index contributed by atoms with van der Waals surface area (Å²) in [5.74, 6) is 2.00. The Balaban J connectivity index is 2.02. The van der Waals surface area contributed by atoms with Crippen LogP contribution in [0.15, 0.2) is 12.3 Å². The molecule has 2 aliphatic rings. The van der Waals surface area contributed by atoms with Gasteiger partial charge in [0.1, 0.15) is 16.9 Å². The summed E-state index contributed by atoms with van der Waals surface area (Å²) in [6, 6.07) is 3.79. The SMILES string of the molecule is CC1(C)C2CNCC2CN1c1nccc(C#N)c1Cl. The summed E-state index contributed by atoms with van der Waals surface area (Å²) in [7, 11) is 0. The number of halogens is 1. The first-order chi connectivity index (χ1) is 9.05. The Morgan fingerprint density at radius 1 is 1.53 bits per heavy atom. The molecule has 3 rings (SSSR count). The molecule has 1 aromatic heterocycles. The van der Waals surface area contributed by atoms with Crippen molar-refractivity contribution in [3.63, 3.8) is 0 Å². The first-order valence-corrected chi connectivity index (χ1v) is 6.96. The highest BCUT2D eigenvalue weighted by atomic mass is 35.5. The second-order valence-corrected chi connectivity index (χ2v) is 6.27. The molecule has 2 aliphatic heterocycles. The smallest absolute Gasteiger partial charge is 0.149 e. The highest BCUT2D eigenvalue weighted by molar-refractivity contribution is 6.34. The van der Waals surface area contributed by atoms with Gasteiger partial charge < -0.3 is 10.2 Å². The van der Waals surface area contributed by atoms with Crippen molar-refractivity contribution in [1.29, 1.82) is 5.26 Å². The van der Waals surface area contributed by atoms with E-state index < -0.39 is 0 Å². The number of nitrogens with one attached hydrogen (secondary N) is 1. The first-order valence-electron chi connectivity index (χ1n) is 6.58. The summed E-state index contributed by atoms with van der Waals surface area (Å²) >= 11 is 6.33. The van der Waals surface area contributed by atoms with E-state index >= 15 is 0 Å². The maximum absolute atomic E-state index is 9.09. The molecule has 0 bridgehead atoms. The molecule has 5 heteroatoms. The predicted molar refractivity (Wildman–Crippen MR) is 75.2 cm³/mol. The van der Waals surface area contributed by atoms with Crippen molar-refractivity contribution in [3.8, 4) is 6.07 Å². The lowest BCUT2D eigenvalue weighted by Gasteiger charge is -2.37. The van der Waals surface area contributed by atoms with Crippen LogP contribution in [-0.2, 0) is 0 Å². The maximum Gasteiger partial charge on any atom is 0.149 e. The number of nitriles is 1. The Bertz CT molecular complexity index is 549. The van der Waals surface area contributed by atoms with Crippen LogP contribution in [0.2, 0.25) is 5.02 Å². The van der Waals surface area contributed by atoms with Crippen molar-refractivity contribution in [1.82, 2.24) is 10.3 Å². The van der Waals surface area contributed by atoms with Crippen LogP contribution in [0.25, 0.3) is 0 Å². The van der Waals surface area contributed by atoms with E-state index in [0.29, 0.717) is 22.4 Å². The zero-order valence-electron chi connectivity index (χ0n) is 11.2. The van der Waals surface area contributed by atoms with Gasteiger partial charge in [0, 0.05) is 31.4 Å². The van der Waals surface area contributed by atoms with Crippen molar-refractivity contribution in [2.45, 2.75) is 19.4 Å². The van der Waals surface area contributed by atoms with E-state index in [1.165, 1.54) is 0 Å². The fraction of sp³-hybridized carbons (Fsp3) is 0.571. The Kier molecular flexibility index (Phi) is 2.92. The van der Waals surface area contributed by atoms with Crippen LogP contribution >= 0.6 is 11.6 Å². The van der Waals surface area contributed by atoms with Gasteiger partial charge in [-0.2, -0.15) is 5.26 Å². The normalized spacial score (nSPS) is 28.2. The van der Waals surface area contributed by atoms with Gasteiger partial charge in [0.25, 0.3) is 0 Å². The number of rotatable bonds is 1. The number of anilines is 1. The van der Waals surface area contributed by atoms with Gasteiger partial charge in [-0.15, -0.1) is 0 Å². The average molecular weight is 277 g/mol. The molecule has 100 valence electrons. The number of nitrogens with zero attached hydrogens (tertiary/aromatic N) is 3. The van der Waals surface area contributed by atoms with Crippen molar-refractivity contribution < 1.29 is 0 Å². The monoisotopic (exact) mass is 276 g/mol. The van der Waals surface area contributed by atoms with E-state index in [-0.39, 0.29) is 5.54 Å². The molecular formula is C14H17ClN4. The molecule has 0 amide bonds. The van der Waals surface area contributed by atoms with E-state index in [1.54, 1.807) is 12.3 Å². The van der Waals surface area contributed by atoms with E-state index in [1.807, 2.05) is 0 Å². The van der Waals surface area contributed by atoms with Gasteiger partial charge >= 0.3 is 0 Å². The first kappa shape index (κ1) is 12.7. The summed E-state index contributed by atoms with van der Waals surface area (Å²) < 4.78 is 0. The zero-order chi connectivity index (χ0) is 13.6. The van der Waals surface area contributed by atoms with Crippen molar-refractivity contribution >= 4 is 17.4 Å². The molecular weight excluding hydrogens is 260 g/mol. The highest BCUT2D eigenvalue weighted by Crippen LogP contribution is 2.44. The number of aromatic nitrogens is 1. The zero-order valence-corrected chi connectivity index (χ0v) is 11.9. The Morgan fingerprint density at radius 3 is 3.00 bits per heavy atom. The second kappa shape index (κ2) is 4.36. The van der Waals surface area contributed by atoms with E-state index in [4.69, 9.17) is 16.9 Å². The molecule has 0 aromatic carbocycles. The molecule has 2 unspecified atom stereocenters. The van der Waals surface area contributed by atoms with Gasteiger partial charge in [-0.25, -0.2) is 4.98 Å². The maximum atomic E-state index is 9.09. The molecule has 1 aromatic rings. The third kappa shape index (κ3) is 1.80. The lowest BCUT2D eigenvalue weighted by atomic mass is 9.85. The number of hydrogen-bond acceptors (Lipinski definition) is 4. The quantitative estimate of drug-likeness (QED) is 0.853. The summed E-state index contributed by atoms with van der Waals surface area (Å²) in [4.78, 5) is 6.68. The Hall–Kier alpha value is -1.31. The van der Waals surface area contributed by atoms with Crippen LogP contribution in [0.5, 0.6) is 0 Å². The summed E-state index contributed by atoms with van der Waals surface area (Å²) in [5, 5.41) is 13.0. The second-order valence-electron chi connectivity index (χ2n) is 5.90. The van der Waals surface area contributed by atoms with Gasteiger partial charge in [-0.05, 0) is 31.7 Å². The predicted octanol–water partition coefficient (Wildman–Crippen LogP) is 2.04. The largest absolute Gasteiger partial charge is 0.350 e. The Labute approximate surface area is 118 Å². The molecule has 0 saturated carbocycles. The van der Waals surface area contributed by atoms with Crippen molar-refractivity contribution in [3.05, 3.63) is 22.8 Å². The summed E-state index contributed by atoms with van der Waals surface area (Å²) in [6.45, 7) is 7.53. The average Bonchev–Trinajstić information content (AvgIpc) is 2.93. The topological polar surface area (TPSA) is 52.0 Å². The van der Waals surface area contributed by atoms with Crippen molar-refractivity contribution in [2.75, 3.05) is 24.5 Å². The molecule has 2 saturated heterocycles. The third-order valence-corrected chi connectivity index (χ3v) is 4.98. The highest BCUT2D eigenvalue weighted by Gasteiger charge is 2.50. The minimum absolute atomic E-state index is 0.0128. The van der Waals surface area contributed by atoms with Crippen LogP contribution in [0, 0.1) is 23.2 Å². The fourth-order valence-corrected chi connectivity index (χ4v) is 3.74. The van der Waals surface area contributed by atoms with E-state index in [9.17, 15) is 0 Å². The molecule has 0 spiro atoms.